The molecule has 0 bridgehead atoms. The number of aromatic nitrogens is 2. The summed E-state index contributed by atoms with van der Waals surface area (Å²) in [5.74, 6) is -0.637. The quantitative estimate of drug-likeness (QED) is 0.771. The molecule has 2 aromatic rings. The van der Waals surface area contributed by atoms with Crippen molar-refractivity contribution >= 4 is 21.6 Å². The van der Waals surface area contributed by atoms with Gasteiger partial charge in [-0.25, -0.2) is 22.5 Å². The Balaban J connectivity index is 2.31. The summed E-state index contributed by atoms with van der Waals surface area (Å²) >= 11 is 5.72. The summed E-state index contributed by atoms with van der Waals surface area (Å²) in [6.45, 7) is -0.761. The summed E-state index contributed by atoms with van der Waals surface area (Å²) in [5.41, 5.74) is -0.184. The van der Waals surface area contributed by atoms with Crippen molar-refractivity contribution in [2.24, 2.45) is 0 Å². The summed E-state index contributed by atoms with van der Waals surface area (Å²) in [6, 6.07) is 2.16. The molecule has 0 saturated heterocycles. The second kappa shape index (κ2) is 5.88. The van der Waals surface area contributed by atoms with Crippen LogP contribution in [-0.4, -0.2) is 23.5 Å². The second-order valence-electron chi connectivity index (χ2n) is 3.90. The lowest BCUT2D eigenvalue weighted by molar-refractivity contribution is 0.274. The molecule has 0 aliphatic carbocycles. The van der Waals surface area contributed by atoms with E-state index >= 15 is 0 Å². The van der Waals surface area contributed by atoms with Gasteiger partial charge in [0.25, 0.3) is 0 Å². The van der Waals surface area contributed by atoms with Gasteiger partial charge >= 0.3 is 0 Å². The minimum absolute atomic E-state index is 0.0221. The Labute approximate surface area is 119 Å². The molecule has 3 N–H and O–H groups in total. The van der Waals surface area contributed by atoms with Crippen LogP contribution in [-0.2, 0) is 23.2 Å². The summed E-state index contributed by atoms with van der Waals surface area (Å²) < 4.78 is 40.2. The van der Waals surface area contributed by atoms with Gasteiger partial charge in [0, 0.05) is 23.0 Å². The monoisotopic (exact) mass is 319 g/mol. The van der Waals surface area contributed by atoms with Gasteiger partial charge in [0.15, 0.2) is 0 Å². The van der Waals surface area contributed by atoms with Crippen molar-refractivity contribution in [3.05, 3.63) is 46.8 Å². The lowest BCUT2D eigenvalue weighted by Gasteiger charge is -2.09. The minimum Gasteiger partial charge on any atom is -0.392 e. The van der Waals surface area contributed by atoms with Crippen LogP contribution >= 0.6 is 11.6 Å². The molecular weight excluding hydrogens is 309 g/mol. The van der Waals surface area contributed by atoms with Crippen LogP contribution in [0.3, 0.4) is 0 Å². The van der Waals surface area contributed by atoms with E-state index < -0.39 is 27.3 Å². The van der Waals surface area contributed by atoms with Crippen LogP contribution in [0.4, 0.5) is 4.39 Å². The Morgan fingerprint density at radius 2 is 2.20 bits per heavy atom. The molecule has 0 aliphatic rings. The first-order valence-corrected chi connectivity index (χ1v) is 7.37. The second-order valence-corrected chi connectivity index (χ2v) is 6.07. The Morgan fingerprint density at radius 1 is 1.45 bits per heavy atom. The molecule has 0 spiro atoms. The van der Waals surface area contributed by atoms with E-state index in [9.17, 15) is 12.8 Å². The molecule has 108 valence electrons. The van der Waals surface area contributed by atoms with E-state index in [0.29, 0.717) is 5.82 Å². The third kappa shape index (κ3) is 3.15. The van der Waals surface area contributed by atoms with Gasteiger partial charge in [0.1, 0.15) is 16.5 Å². The lowest BCUT2D eigenvalue weighted by Crippen LogP contribution is -2.25. The van der Waals surface area contributed by atoms with Crippen molar-refractivity contribution in [3.63, 3.8) is 0 Å². The van der Waals surface area contributed by atoms with Crippen molar-refractivity contribution in [2.45, 2.75) is 18.0 Å². The van der Waals surface area contributed by atoms with Gasteiger partial charge in [-0.3, -0.25) is 0 Å². The van der Waals surface area contributed by atoms with E-state index in [1.807, 2.05) is 0 Å². The maximum absolute atomic E-state index is 14.0. The number of H-pyrrole nitrogens is 1. The number of aromatic amines is 1. The van der Waals surface area contributed by atoms with E-state index in [-0.39, 0.29) is 17.1 Å². The fraction of sp³-hybridized carbons (Fsp3) is 0.182. The first-order chi connectivity index (χ1) is 9.44. The van der Waals surface area contributed by atoms with Gasteiger partial charge in [0.2, 0.25) is 10.0 Å². The number of hydrogen-bond acceptors (Lipinski definition) is 4. The van der Waals surface area contributed by atoms with E-state index in [1.54, 1.807) is 0 Å². The normalized spacial score (nSPS) is 11.8. The lowest BCUT2D eigenvalue weighted by atomic mass is 10.2. The van der Waals surface area contributed by atoms with Crippen LogP contribution in [0, 0.1) is 5.82 Å². The highest BCUT2D eigenvalue weighted by molar-refractivity contribution is 7.89. The molecule has 1 heterocycles. The zero-order valence-corrected chi connectivity index (χ0v) is 11.7. The van der Waals surface area contributed by atoms with Gasteiger partial charge in [-0.2, -0.15) is 0 Å². The highest BCUT2D eigenvalue weighted by Gasteiger charge is 2.22. The van der Waals surface area contributed by atoms with E-state index in [2.05, 4.69) is 14.7 Å². The Hall–Kier alpha value is -1.48. The largest absolute Gasteiger partial charge is 0.392 e. The van der Waals surface area contributed by atoms with Gasteiger partial charge < -0.3 is 10.1 Å². The zero-order chi connectivity index (χ0) is 14.8. The molecule has 1 aromatic heterocycles. The molecule has 1 aromatic carbocycles. The van der Waals surface area contributed by atoms with E-state index in [1.165, 1.54) is 18.5 Å². The van der Waals surface area contributed by atoms with Gasteiger partial charge in [-0.15, -0.1) is 0 Å². The molecule has 0 saturated carbocycles. The Kier molecular flexibility index (Phi) is 4.39. The summed E-state index contributed by atoms with van der Waals surface area (Å²) in [7, 11) is -4.10. The van der Waals surface area contributed by atoms with Crippen LogP contribution in [0.5, 0.6) is 0 Å². The third-order valence-electron chi connectivity index (χ3n) is 2.52. The fourth-order valence-corrected chi connectivity index (χ4v) is 3.00. The predicted octanol–water partition coefficient (Wildman–Crippen LogP) is 1.17. The number of aliphatic hydroxyl groups excluding tert-OH is 1. The Morgan fingerprint density at radius 3 is 2.80 bits per heavy atom. The average Bonchev–Trinajstić information content (AvgIpc) is 2.92. The molecule has 9 heteroatoms. The number of hydrogen-bond donors (Lipinski definition) is 3. The SMILES string of the molecule is O=S(=O)(NCc1ncc[nH]1)c1cc(Cl)cc(CO)c1F. The van der Waals surface area contributed by atoms with Crippen LogP contribution in [0.25, 0.3) is 0 Å². The fourth-order valence-electron chi connectivity index (χ4n) is 1.56. The molecule has 0 fully saturated rings. The average molecular weight is 320 g/mol. The minimum atomic E-state index is -4.10. The van der Waals surface area contributed by atoms with Crippen molar-refractivity contribution < 1.29 is 17.9 Å². The predicted molar refractivity (Wildman–Crippen MR) is 69.9 cm³/mol. The van der Waals surface area contributed by atoms with E-state index in [4.69, 9.17) is 16.7 Å². The number of imidazole rings is 1. The zero-order valence-electron chi connectivity index (χ0n) is 10.1. The van der Waals surface area contributed by atoms with Gasteiger partial charge in [0.05, 0.1) is 13.2 Å². The topological polar surface area (TPSA) is 95.1 Å². The van der Waals surface area contributed by atoms with E-state index in [0.717, 1.165) is 6.07 Å². The molecule has 0 aliphatic heterocycles. The van der Waals surface area contributed by atoms with Crippen LogP contribution in [0.2, 0.25) is 5.02 Å². The highest BCUT2D eigenvalue weighted by atomic mass is 35.5. The van der Waals surface area contributed by atoms with Crippen LogP contribution < -0.4 is 4.72 Å². The van der Waals surface area contributed by atoms with Crippen molar-refractivity contribution in [3.8, 4) is 0 Å². The molecule has 0 atom stereocenters. The molecule has 0 amide bonds. The molecule has 6 nitrogen and oxygen atoms in total. The molecule has 0 radical (unpaired) electrons. The number of nitrogens with zero attached hydrogens (tertiary/aromatic N) is 1. The maximum atomic E-state index is 14.0. The Bertz CT molecular complexity index is 704. The van der Waals surface area contributed by atoms with Gasteiger partial charge in [-0.05, 0) is 12.1 Å². The first-order valence-electron chi connectivity index (χ1n) is 5.50. The molecular formula is C11H11ClFN3O3S. The first kappa shape index (κ1) is 14.9. The number of benzene rings is 1. The van der Waals surface area contributed by atoms with Crippen molar-refractivity contribution in [2.75, 3.05) is 0 Å². The third-order valence-corrected chi connectivity index (χ3v) is 4.14. The standard InChI is InChI=1S/C11H11ClFN3O3S/c12-8-3-7(6-17)11(13)9(4-8)20(18,19)16-5-10-14-1-2-15-10/h1-4,16-17H,5-6H2,(H,14,15). The smallest absolute Gasteiger partial charge is 0.243 e. The molecule has 0 unspecified atom stereocenters. The highest BCUT2D eigenvalue weighted by Crippen LogP contribution is 2.23. The summed E-state index contributed by atoms with van der Waals surface area (Å²) in [5, 5.41) is 9.01. The molecule has 20 heavy (non-hydrogen) atoms. The summed E-state index contributed by atoms with van der Waals surface area (Å²) in [6.07, 6.45) is 3.00. The van der Waals surface area contributed by atoms with Crippen molar-refractivity contribution in [1.82, 2.24) is 14.7 Å². The van der Waals surface area contributed by atoms with Crippen LogP contribution in [0.1, 0.15) is 11.4 Å². The van der Waals surface area contributed by atoms with Crippen molar-refractivity contribution in [1.29, 1.82) is 0 Å². The number of rotatable bonds is 5. The number of nitrogens with one attached hydrogen (secondary N) is 2. The number of sulfonamides is 1. The number of halogens is 2. The molecule has 2 rings (SSSR count). The summed E-state index contributed by atoms with van der Waals surface area (Å²) in [4.78, 5) is 5.95. The number of aliphatic hydroxyl groups is 1. The van der Waals surface area contributed by atoms with Gasteiger partial charge in [-0.1, -0.05) is 11.6 Å². The van der Waals surface area contributed by atoms with Crippen LogP contribution in [0.15, 0.2) is 29.4 Å². The maximum Gasteiger partial charge on any atom is 0.243 e.